The Kier molecular flexibility index (Phi) is 4.77. The summed E-state index contributed by atoms with van der Waals surface area (Å²) in [6.45, 7) is 10.9. The van der Waals surface area contributed by atoms with Gasteiger partial charge in [-0.2, -0.15) is 0 Å². The van der Waals surface area contributed by atoms with Crippen molar-refractivity contribution in [2.45, 2.75) is 39.8 Å². The standard InChI is InChI=1S/C15H25N3O/c1-4-14-9-13(11-19)10-15(16-14)18-7-5-17(6-8-18)12(2)3/h9-10,12,19H,4-8,11H2,1-3H3. The highest BCUT2D eigenvalue weighted by molar-refractivity contribution is 5.43. The Labute approximate surface area is 116 Å². The molecule has 2 rings (SSSR count). The fourth-order valence-electron chi connectivity index (χ4n) is 2.53. The molecule has 0 radical (unpaired) electrons. The van der Waals surface area contributed by atoms with E-state index in [1.165, 1.54) is 0 Å². The van der Waals surface area contributed by atoms with E-state index in [-0.39, 0.29) is 6.61 Å². The lowest BCUT2D eigenvalue weighted by Crippen LogP contribution is -2.49. The number of aryl methyl sites for hydroxylation is 1. The summed E-state index contributed by atoms with van der Waals surface area (Å²) in [5.41, 5.74) is 2.03. The Hall–Kier alpha value is -1.13. The SMILES string of the molecule is CCc1cc(CO)cc(N2CCN(C(C)C)CC2)n1. The average molecular weight is 263 g/mol. The molecule has 0 aromatic carbocycles. The maximum Gasteiger partial charge on any atom is 0.129 e. The minimum atomic E-state index is 0.0917. The highest BCUT2D eigenvalue weighted by atomic mass is 16.3. The molecule has 106 valence electrons. The number of rotatable bonds is 4. The quantitative estimate of drug-likeness (QED) is 0.897. The van der Waals surface area contributed by atoms with Gasteiger partial charge >= 0.3 is 0 Å². The van der Waals surface area contributed by atoms with Gasteiger partial charge in [-0.1, -0.05) is 6.92 Å². The highest BCUT2D eigenvalue weighted by Crippen LogP contribution is 2.18. The zero-order valence-electron chi connectivity index (χ0n) is 12.3. The third-order valence-electron chi connectivity index (χ3n) is 3.84. The van der Waals surface area contributed by atoms with E-state index < -0.39 is 0 Å². The van der Waals surface area contributed by atoms with Crippen LogP contribution in [0.25, 0.3) is 0 Å². The zero-order chi connectivity index (χ0) is 13.8. The lowest BCUT2D eigenvalue weighted by molar-refractivity contribution is 0.209. The summed E-state index contributed by atoms with van der Waals surface area (Å²) in [5, 5.41) is 9.34. The number of anilines is 1. The van der Waals surface area contributed by atoms with Crippen molar-refractivity contribution in [2.24, 2.45) is 0 Å². The molecule has 1 N–H and O–H groups in total. The van der Waals surface area contributed by atoms with Gasteiger partial charge in [0.2, 0.25) is 0 Å². The molecule has 1 saturated heterocycles. The molecule has 0 saturated carbocycles. The molecule has 0 spiro atoms. The first-order chi connectivity index (χ1) is 9.13. The predicted octanol–water partition coefficient (Wildman–Crippen LogP) is 1.67. The van der Waals surface area contributed by atoms with Crippen LogP contribution >= 0.6 is 0 Å². The van der Waals surface area contributed by atoms with Crippen molar-refractivity contribution >= 4 is 5.82 Å². The van der Waals surface area contributed by atoms with Gasteiger partial charge in [0.15, 0.2) is 0 Å². The van der Waals surface area contributed by atoms with Gasteiger partial charge in [0.05, 0.1) is 6.61 Å². The largest absolute Gasteiger partial charge is 0.392 e. The summed E-state index contributed by atoms with van der Waals surface area (Å²) >= 11 is 0. The molecule has 4 heteroatoms. The van der Waals surface area contributed by atoms with Gasteiger partial charge in [-0.05, 0) is 38.0 Å². The molecule has 1 aliphatic rings. The Morgan fingerprint density at radius 3 is 2.42 bits per heavy atom. The third-order valence-corrected chi connectivity index (χ3v) is 3.84. The van der Waals surface area contributed by atoms with Crippen LogP contribution < -0.4 is 4.90 Å². The number of hydrogen-bond acceptors (Lipinski definition) is 4. The molecule has 4 nitrogen and oxygen atoms in total. The van der Waals surface area contributed by atoms with Crippen LogP contribution in [0, 0.1) is 0 Å². The van der Waals surface area contributed by atoms with Crippen LogP contribution in [0.4, 0.5) is 5.82 Å². The summed E-state index contributed by atoms with van der Waals surface area (Å²) in [4.78, 5) is 9.51. The molecule has 0 aliphatic carbocycles. The van der Waals surface area contributed by atoms with Crippen LogP contribution in [0.2, 0.25) is 0 Å². The molecule has 2 heterocycles. The van der Waals surface area contributed by atoms with Gasteiger partial charge in [-0.25, -0.2) is 4.98 Å². The van der Waals surface area contributed by atoms with Crippen molar-refractivity contribution in [2.75, 3.05) is 31.1 Å². The summed E-state index contributed by atoms with van der Waals surface area (Å²) < 4.78 is 0. The maximum atomic E-state index is 9.34. The van der Waals surface area contributed by atoms with E-state index in [9.17, 15) is 5.11 Å². The van der Waals surface area contributed by atoms with Crippen molar-refractivity contribution in [1.29, 1.82) is 0 Å². The molecule has 0 atom stereocenters. The van der Waals surface area contributed by atoms with Crippen molar-refractivity contribution in [1.82, 2.24) is 9.88 Å². The molecule has 19 heavy (non-hydrogen) atoms. The molecule has 1 aromatic heterocycles. The molecule has 0 amide bonds. The molecule has 0 bridgehead atoms. The van der Waals surface area contributed by atoms with E-state index in [4.69, 9.17) is 0 Å². The van der Waals surface area contributed by atoms with Crippen molar-refractivity contribution in [3.05, 3.63) is 23.4 Å². The molecule has 1 fully saturated rings. The van der Waals surface area contributed by atoms with Gasteiger partial charge in [0.25, 0.3) is 0 Å². The molecule has 1 aliphatic heterocycles. The number of aliphatic hydroxyl groups excluding tert-OH is 1. The number of nitrogens with zero attached hydrogens (tertiary/aromatic N) is 3. The Morgan fingerprint density at radius 2 is 1.89 bits per heavy atom. The van der Waals surface area contributed by atoms with Crippen LogP contribution in [-0.4, -0.2) is 47.2 Å². The van der Waals surface area contributed by atoms with Gasteiger partial charge in [-0.15, -0.1) is 0 Å². The first-order valence-electron chi connectivity index (χ1n) is 7.23. The van der Waals surface area contributed by atoms with E-state index in [1.807, 2.05) is 12.1 Å². The first-order valence-corrected chi connectivity index (χ1v) is 7.23. The van der Waals surface area contributed by atoms with Gasteiger partial charge < -0.3 is 10.0 Å². The zero-order valence-corrected chi connectivity index (χ0v) is 12.3. The molecule has 1 aromatic rings. The monoisotopic (exact) mass is 263 g/mol. The number of hydrogen-bond donors (Lipinski definition) is 1. The lowest BCUT2D eigenvalue weighted by atomic mass is 10.2. The lowest BCUT2D eigenvalue weighted by Gasteiger charge is -2.37. The van der Waals surface area contributed by atoms with Crippen molar-refractivity contribution in [3.8, 4) is 0 Å². The topological polar surface area (TPSA) is 39.6 Å². The number of aromatic nitrogens is 1. The fourth-order valence-corrected chi connectivity index (χ4v) is 2.53. The Bertz CT molecular complexity index is 390. The predicted molar refractivity (Wildman–Crippen MR) is 78.5 cm³/mol. The van der Waals surface area contributed by atoms with Gasteiger partial charge in [0.1, 0.15) is 5.82 Å². The number of piperazine rings is 1. The summed E-state index contributed by atoms with van der Waals surface area (Å²) in [5.74, 6) is 1.02. The van der Waals surface area contributed by atoms with E-state index in [0.717, 1.165) is 49.7 Å². The summed E-state index contributed by atoms with van der Waals surface area (Å²) in [6.07, 6.45) is 0.910. The molecular weight excluding hydrogens is 238 g/mol. The first kappa shape index (κ1) is 14.3. The second kappa shape index (κ2) is 6.35. The van der Waals surface area contributed by atoms with Crippen LogP contribution in [0.3, 0.4) is 0 Å². The summed E-state index contributed by atoms with van der Waals surface area (Å²) in [6, 6.07) is 4.63. The second-order valence-corrected chi connectivity index (χ2v) is 5.45. The fraction of sp³-hybridized carbons (Fsp3) is 0.667. The van der Waals surface area contributed by atoms with Crippen LogP contribution in [-0.2, 0) is 13.0 Å². The molecule has 0 unspecified atom stereocenters. The van der Waals surface area contributed by atoms with Crippen LogP contribution in [0.15, 0.2) is 12.1 Å². The third kappa shape index (κ3) is 3.45. The van der Waals surface area contributed by atoms with E-state index in [1.54, 1.807) is 0 Å². The minimum Gasteiger partial charge on any atom is -0.392 e. The van der Waals surface area contributed by atoms with E-state index >= 15 is 0 Å². The highest BCUT2D eigenvalue weighted by Gasteiger charge is 2.20. The Balaban J connectivity index is 2.10. The van der Waals surface area contributed by atoms with Gasteiger partial charge in [-0.3, -0.25) is 4.90 Å². The van der Waals surface area contributed by atoms with Gasteiger partial charge in [0, 0.05) is 37.9 Å². The van der Waals surface area contributed by atoms with E-state index in [2.05, 4.69) is 35.6 Å². The van der Waals surface area contributed by atoms with Crippen molar-refractivity contribution < 1.29 is 5.11 Å². The average Bonchev–Trinajstić information content (AvgIpc) is 2.46. The number of pyridine rings is 1. The number of aliphatic hydroxyl groups is 1. The minimum absolute atomic E-state index is 0.0917. The second-order valence-electron chi connectivity index (χ2n) is 5.45. The van der Waals surface area contributed by atoms with Crippen molar-refractivity contribution in [3.63, 3.8) is 0 Å². The van der Waals surface area contributed by atoms with Crippen LogP contribution in [0.1, 0.15) is 32.0 Å². The molecular formula is C15H25N3O. The van der Waals surface area contributed by atoms with E-state index in [0.29, 0.717) is 6.04 Å². The maximum absolute atomic E-state index is 9.34. The normalized spacial score (nSPS) is 17.2. The Morgan fingerprint density at radius 1 is 1.21 bits per heavy atom. The summed E-state index contributed by atoms with van der Waals surface area (Å²) in [7, 11) is 0. The van der Waals surface area contributed by atoms with Crippen LogP contribution in [0.5, 0.6) is 0 Å². The smallest absolute Gasteiger partial charge is 0.129 e.